The Morgan fingerprint density at radius 2 is 1.88 bits per heavy atom. The number of benzene rings is 1. The van der Waals surface area contributed by atoms with Crippen molar-refractivity contribution in [2.24, 2.45) is 5.92 Å². The van der Waals surface area contributed by atoms with Gasteiger partial charge >= 0.3 is 0 Å². The molecule has 0 bridgehead atoms. The molecule has 0 radical (unpaired) electrons. The lowest BCUT2D eigenvalue weighted by Gasteiger charge is -2.07. The summed E-state index contributed by atoms with van der Waals surface area (Å²) in [5.41, 5.74) is 2.11. The second-order valence-electron chi connectivity index (χ2n) is 4.62. The second-order valence-corrected chi connectivity index (χ2v) is 4.62. The summed E-state index contributed by atoms with van der Waals surface area (Å²) in [5.74, 6) is 0.859. The fourth-order valence-corrected chi connectivity index (χ4v) is 1.79. The molecule has 0 fully saturated rings. The highest BCUT2D eigenvalue weighted by molar-refractivity contribution is 5.74. The molecule has 0 aliphatic carbocycles. The van der Waals surface area contributed by atoms with Gasteiger partial charge < -0.3 is 0 Å². The second kappa shape index (κ2) is 7.21. The van der Waals surface area contributed by atoms with Crippen LogP contribution >= 0.6 is 0 Å². The molecule has 1 aromatic rings. The summed E-state index contributed by atoms with van der Waals surface area (Å²) in [6.07, 6.45) is 7.22. The first-order valence-corrected chi connectivity index (χ1v) is 6.30. The van der Waals surface area contributed by atoms with Gasteiger partial charge in [0.2, 0.25) is 0 Å². The van der Waals surface area contributed by atoms with E-state index in [1.165, 1.54) is 31.2 Å². The summed E-state index contributed by atoms with van der Waals surface area (Å²) in [6, 6.07) is 7.92. The van der Waals surface area contributed by atoms with E-state index in [9.17, 15) is 4.79 Å². The van der Waals surface area contributed by atoms with E-state index in [1.807, 2.05) is 12.1 Å². The van der Waals surface area contributed by atoms with E-state index in [-0.39, 0.29) is 0 Å². The van der Waals surface area contributed by atoms with E-state index in [0.717, 1.165) is 24.2 Å². The van der Waals surface area contributed by atoms with E-state index in [0.29, 0.717) is 0 Å². The summed E-state index contributed by atoms with van der Waals surface area (Å²) >= 11 is 0. The molecule has 0 N–H and O–H groups in total. The Kier molecular flexibility index (Phi) is 5.84. The average Bonchev–Trinajstić information content (AvgIpc) is 2.35. The van der Waals surface area contributed by atoms with Crippen LogP contribution in [0.2, 0.25) is 0 Å². The molecule has 0 spiro atoms. The van der Waals surface area contributed by atoms with Crippen LogP contribution < -0.4 is 0 Å². The molecular weight excluding hydrogens is 196 g/mol. The molecule has 0 aliphatic rings. The van der Waals surface area contributed by atoms with Crippen LogP contribution in [0.4, 0.5) is 0 Å². The summed E-state index contributed by atoms with van der Waals surface area (Å²) in [7, 11) is 0. The molecule has 0 aliphatic heterocycles. The first-order chi connectivity index (χ1) is 7.76. The number of aryl methyl sites for hydroxylation is 1. The van der Waals surface area contributed by atoms with Crippen LogP contribution in [0.25, 0.3) is 0 Å². The summed E-state index contributed by atoms with van der Waals surface area (Å²) in [4.78, 5) is 10.5. The third kappa shape index (κ3) is 4.61. The zero-order valence-corrected chi connectivity index (χ0v) is 10.4. The normalized spacial score (nSPS) is 12.4. The Bertz CT molecular complexity index is 300. The van der Waals surface area contributed by atoms with E-state index < -0.39 is 0 Å². The van der Waals surface area contributed by atoms with Gasteiger partial charge in [-0.1, -0.05) is 57.4 Å². The first kappa shape index (κ1) is 13.0. The quantitative estimate of drug-likeness (QED) is 0.493. The van der Waals surface area contributed by atoms with Crippen molar-refractivity contribution in [2.75, 3.05) is 0 Å². The van der Waals surface area contributed by atoms with Crippen LogP contribution in [0.15, 0.2) is 24.3 Å². The Hall–Kier alpha value is -1.11. The molecular formula is C15H22O. The molecule has 88 valence electrons. The van der Waals surface area contributed by atoms with Crippen molar-refractivity contribution in [1.29, 1.82) is 0 Å². The molecule has 16 heavy (non-hydrogen) atoms. The number of unbranched alkanes of at least 4 members (excludes halogenated alkanes) is 1. The van der Waals surface area contributed by atoms with Crippen molar-refractivity contribution in [2.45, 2.75) is 46.0 Å². The predicted molar refractivity (Wildman–Crippen MR) is 68.8 cm³/mol. The molecule has 0 saturated carbocycles. The smallest absolute Gasteiger partial charge is 0.150 e. The molecule has 0 amide bonds. The third-order valence-corrected chi connectivity index (χ3v) is 3.23. The van der Waals surface area contributed by atoms with E-state index in [4.69, 9.17) is 0 Å². The van der Waals surface area contributed by atoms with Gasteiger partial charge in [0.15, 0.2) is 0 Å². The molecule has 1 unspecified atom stereocenters. The lowest BCUT2D eigenvalue weighted by Crippen LogP contribution is -1.93. The highest BCUT2D eigenvalue weighted by atomic mass is 16.1. The molecule has 1 nitrogen and oxygen atoms in total. The molecule has 1 aromatic carbocycles. The van der Waals surface area contributed by atoms with Crippen LogP contribution in [0, 0.1) is 5.92 Å². The van der Waals surface area contributed by atoms with Crippen molar-refractivity contribution >= 4 is 6.29 Å². The maximum absolute atomic E-state index is 10.5. The monoisotopic (exact) mass is 218 g/mol. The van der Waals surface area contributed by atoms with Crippen LogP contribution in [0.5, 0.6) is 0 Å². The third-order valence-electron chi connectivity index (χ3n) is 3.23. The number of carbonyl (C=O) groups is 1. The Balaban J connectivity index is 2.24. The van der Waals surface area contributed by atoms with Crippen molar-refractivity contribution < 1.29 is 4.79 Å². The first-order valence-electron chi connectivity index (χ1n) is 6.30. The minimum atomic E-state index is 0.767. The molecule has 0 saturated heterocycles. The van der Waals surface area contributed by atoms with Gasteiger partial charge in [0, 0.05) is 5.56 Å². The van der Waals surface area contributed by atoms with Gasteiger partial charge in [-0.05, 0) is 24.3 Å². The fraction of sp³-hybridized carbons (Fsp3) is 0.533. The van der Waals surface area contributed by atoms with Crippen LogP contribution in [-0.4, -0.2) is 6.29 Å². The van der Waals surface area contributed by atoms with Crippen molar-refractivity contribution in [1.82, 2.24) is 0 Å². The highest BCUT2D eigenvalue weighted by Crippen LogP contribution is 2.13. The van der Waals surface area contributed by atoms with Gasteiger partial charge in [-0.3, -0.25) is 4.79 Å². The SMILES string of the molecule is CCC(C)CCCCc1ccc(C=O)cc1. The largest absolute Gasteiger partial charge is 0.298 e. The highest BCUT2D eigenvalue weighted by Gasteiger charge is 1.99. The lowest BCUT2D eigenvalue weighted by atomic mass is 9.99. The topological polar surface area (TPSA) is 17.1 Å². The van der Waals surface area contributed by atoms with Gasteiger partial charge in [0.25, 0.3) is 0 Å². The van der Waals surface area contributed by atoms with Gasteiger partial charge in [0.1, 0.15) is 6.29 Å². The maximum Gasteiger partial charge on any atom is 0.150 e. The van der Waals surface area contributed by atoms with Crippen molar-refractivity contribution in [3.8, 4) is 0 Å². The average molecular weight is 218 g/mol. The Morgan fingerprint density at radius 3 is 2.44 bits per heavy atom. The number of hydrogen-bond acceptors (Lipinski definition) is 1. The van der Waals surface area contributed by atoms with E-state index in [2.05, 4.69) is 26.0 Å². The fourth-order valence-electron chi connectivity index (χ4n) is 1.79. The van der Waals surface area contributed by atoms with Crippen LogP contribution in [-0.2, 0) is 6.42 Å². The minimum absolute atomic E-state index is 0.767. The number of carbonyl (C=O) groups excluding carboxylic acids is 1. The molecule has 1 heteroatoms. The van der Waals surface area contributed by atoms with Gasteiger partial charge in [-0.2, -0.15) is 0 Å². The molecule has 0 aromatic heterocycles. The van der Waals surface area contributed by atoms with E-state index >= 15 is 0 Å². The van der Waals surface area contributed by atoms with Crippen molar-refractivity contribution in [3.63, 3.8) is 0 Å². The van der Waals surface area contributed by atoms with E-state index in [1.54, 1.807) is 0 Å². The van der Waals surface area contributed by atoms with Gasteiger partial charge in [-0.15, -0.1) is 0 Å². The lowest BCUT2D eigenvalue weighted by molar-refractivity contribution is 0.112. The maximum atomic E-state index is 10.5. The van der Waals surface area contributed by atoms with Crippen molar-refractivity contribution in [3.05, 3.63) is 35.4 Å². The minimum Gasteiger partial charge on any atom is -0.298 e. The van der Waals surface area contributed by atoms with Crippen LogP contribution in [0.1, 0.15) is 55.5 Å². The molecule has 1 rings (SSSR count). The van der Waals surface area contributed by atoms with Gasteiger partial charge in [0.05, 0.1) is 0 Å². The molecule has 0 heterocycles. The Morgan fingerprint density at radius 1 is 1.19 bits per heavy atom. The predicted octanol–water partition coefficient (Wildman–Crippen LogP) is 4.26. The number of aldehydes is 1. The zero-order valence-electron chi connectivity index (χ0n) is 10.4. The number of hydrogen-bond donors (Lipinski definition) is 0. The van der Waals surface area contributed by atoms with Crippen LogP contribution in [0.3, 0.4) is 0 Å². The molecule has 1 atom stereocenters. The summed E-state index contributed by atoms with van der Waals surface area (Å²) in [5, 5.41) is 0. The summed E-state index contributed by atoms with van der Waals surface area (Å²) in [6.45, 7) is 4.57. The Labute approximate surface area is 98.9 Å². The standard InChI is InChI=1S/C15H22O/c1-3-13(2)6-4-5-7-14-8-10-15(12-16)11-9-14/h8-13H,3-7H2,1-2H3. The zero-order chi connectivity index (χ0) is 11.8. The summed E-state index contributed by atoms with van der Waals surface area (Å²) < 4.78 is 0. The van der Waals surface area contributed by atoms with Gasteiger partial charge in [-0.25, -0.2) is 0 Å². The number of rotatable bonds is 7.